The Kier molecular flexibility index (Phi) is 8.31. The molecule has 0 fully saturated rings. The van der Waals surface area contributed by atoms with Gasteiger partial charge >= 0.3 is 0 Å². The molecule has 3 heteroatoms. The molecule has 0 heterocycles. The Bertz CT molecular complexity index is 736. The van der Waals surface area contributed by atoms with Gasteiger partial charge < -0.3 is 15.3 Å². The molecule has 2 rings (SSSR count). The number of allylic oxidation sites excluding steroid dienone is 1. The van der Waals surface area contributed by atoms with E-state index in [1.54, 1.807) is 18.2 Å². The fraction of sp³-hybridized carbons (Fsp3) is 0.333. The Morgan fingerprint density at radius 3 is 2.41 bits per heavy atom. The van der Waals surface area contributed by atoms with Crippen LogP contribution in [0.5, 0.6) is 5.75 Å². The fourth-order valence-corrected chi connectivity index (χ4v) is 3.34. The molecule has 0 saturated carbocycles. The molecule has 0 radical (unpaired) electrons. The van der Waals surface area contributed by atoms with E-state index in [1.807, 2.05) is 42.5 Å². The van der Waals surface area contributed by atoms with Gasteiger partial charge in [0.05, 0.1) is 12.2 Å². The van der Waals surface area contributed by atoms with E-state index < -0.39 is 18.1 Å². The third-order valence-electron chi connectivity index (χ3n) is 4.80. The van der Waals surface area contributed by atoms with Crippen LogP contribution in [0, 0.1) is 5.92 Å². The molecule has 0 aliphatic carbocycles. The van der Waals surface area contributed by atoms with E-state index >= 15 is 0 Å². The van der Waals surface area contributed by atoms with Crippen molar-refractivity contribution >= 4 is 6.08 Å². The van der Waals surface area contributed by atoms with Crippen LogP contribution < -0.4 is 0 Å². The molecule has 2 aromatic rings. The molecule has 0 unspecified atom stereocenters. The fourth-order valence-electron chi connectivity index (χ4n) is 3.34. The molecule has 0 amide bonds. The molecule has 0 spiro atoms. The summed E-state index contributed by atoms with van der Waals surface area (Å²) >= 11 is 0. The van der Waals surface area contributed by atoms with Gasteiger partial charge in [0.2, 0.25) is 0 Å². The SMILES string of the molecule is C=C[C@H]([C@H](O)CC/C(=C/c1cccc(O)c1)CCC)[C@H](O)c1ccccc1. The minimum atomic E-state index is -0.775. The van der Waals surface area contributed by atoms with Crippen molar-refractivity contribution in [3.63, 3.8) is 0 Å². The van der Waals surface area contributed by atoms with Gasteiger partial charge in [0.25, 0.3) is 0 Å². The van der Waals surface area contributed by atoms with E-state index in [2.05, 4.69) is 19.6 Å². The predicted molar refractivity (Wildman–Crippen MR) is 111 cm³/mol. The lowest BCUT2D eigenvalue weighted by Crippen LogP contribution is -2.25. The van der Waals surface area contributed by atoms with E-state index in [9.17, 15) is 15.3 Å². The van der Waals surface area contributed by atoms with Gasteiger partial charge in [0, 0.05) is 5.92 Å². The molecule has 0 aliphatic heterocycles. The molecular formula is C24H30O3. The van der Waals surface area contributed by atoms with Gasteiger partial charge in [-0.05, 0) is 42.5 Å². The standard InChI is InChI=1S/C24H30O3/c1-3-9-18(16-19-10-8-13-21(25)17-19)14-15-23(26)22(4-2)24(27)20-11-6-5-7-12-20/h4-8,10-13,16-17,22-27H,2-3,9,14-15H2,1H3/b18-16+/t22-,23-,24-/m1/s1. The van der Waals surface area contributed by atoms with Crippen LogP contribution in [0.2, 0.25) is 0 Å². The van der Waals surface area contributed by atoms with Gasteiger partial charge in [-0.1, -0.05) is 73.5 Å². The number of rotatable bonds is 10. The molecule has 144 valence electrons. The van der Waals surface area contributed by atoms with Crippen LogP contribution in [0.1, 0.15) is 49.8 Å². The first kappa shape index (κ1) is 20.9. The van der Waals surface area contributed by atoms with E-state index in [4.69, 9.17) is 0 Å². The van der Waals surface area contributed by atoms with Crippen molar-refractivity contribution in [3.05, 3.63) is 84.0 Å². The molecule has 0 aromatic heterocycles. The lowest BCUT2D eigenvalue weighted by molar-refractivity contribution is 0.0318. The number of hydrogen-bond acceptors (Lipinski definition) is 3. The van der Waals surface area contributed by atoms with Crippen molar-refractivity contribution in [3.8, 4) is 5.75 Å². The summed E-state index contributed by atoms with van der Waals surface area (Å²) in [5.74, 6) is -0.173. The van der Waals surface area contributed by atoms with Crippen molar-refractivity contribution in [1.82, 2.24) is 0 Å². The largest absolute Gasteiger partial charge is 0.508 e. The lowest BCUT2D eigenvalue weighted by Gasteiger charge is -2.25. The van der Waals surface area contributed by atoms with Crippen LogP contribution >= 0.6 is 0 Å². The second-order valence-electron chi connectivity index (χ2n) is 6.92. The molecular weight excluding hydrogens is 336 g/mol. The number of benzene rings is 2. The lowest BCUT2D eigenvalue weighted by atomic mass is 9.87. The number of aliphatic hydroxyl groups excluding tert-OH is 2. The Morgan fingerprint density at radius 1 is 1.04 bits per heavy atom. The molecule has 2 aromatic carbocycles. The monoisotopic (exact) mass is 366 g/mol. The third kappa shape index (κ3) is 6.38. The summed E-state index contributed by atoms with van der Waals surface area (Å²) in [6.07, 6.45) is 5.49. The first-order chi connectivity index (χ1) is 13.0. The highest BCUT2D eigenvalue weighted by molar-refractivity contribution is 5.54. The average Bonchev–Trinajstić information content (AvgIpc) is 2.67. The molecule has 0 saturated heterocycles. The van der Waals surface area contributed by atoms with E-state index in [1.165, 1.54) is 5.57 Å². The average molecular weight is 367 g/mol. The summed E-state index contributed by atoms with van der Waals surface area (Å²) in [4.78, 5) is 0. The van der Waals surface area contributed by atoms with Crippen LogP contribution in [0.25, 0.3) is 6.08 Å². The summed E-state index contributed by atoms with van der Waals surface area (Å²) in [6, 6.07) is 16.5. The highest BCUT2D eigenvalue weighted by Crippen LogP contribution is 2.29. The van der Waals surface area contributed by atoms with Crippen LogP contribution in [-0.4, -0.2) is 21.4 Å². The van der Waals surface area contributed by atoms with Gasteiger partial charge in [-0.15, -0.1) is 6.58 Å². The van der Waals surface area contributed by atoms with Crippen LogP contribution in [0.3, 0.4) is 0 Å². The van der Waals surface area contributed by atoms with E-state index in [0.29, 0.717) is 6.42 Å². The minimum absolute atomic E-state index is 0.248. The van der Waals surface area contributed by atoms with Gasteiger partial charge in [-0.25, -0.2) is 0 Å². The van der Waals surface area contributed by atoms with Crippen molar-refractivity contribution < 1.29 is 15.3 Å². The van der Waals surface area contributed by atoms with Gasteiger partial charge in [-0.3, -0.25) is 0 Å². The molecule has 0 aliphatic rings. The zero-order valence-electron chi connectivity index (χ0n) is 16.0. The summed E-state index contributed by atoms with van der Waals surface area (Å²) in [7, 11) is 0. The summed E-state index contributed by atoms with van der Waals surface area (Å²) in [5, 5.41) is 30.9. The third-order valence-corrected chi connectivity index (χ3v) is 4.80. The number of phenolic OH excluding ortho intramolecular Hbond substituents is 1. The number of phenols is 1. The predicted octanol–water partition coefficient (Wildman–Crippen LogP) is 5.25. The maximum absolute atomic E-state index is 10.7. The van der Waals surface area contributed by atoms with Gasteiger partial charge in [0.15, 0.2) is 0 Å². The van der Waals surface area contributed by atoms with E-state index in [0.717, 1.165) is 30.4 Å². The topological polar surface area (TPSA) is 60.7 Å². The van der Waals surface area contributed by atoms with Crippen molar-refractivity contribution in [2.45, 2.75) is 44.8 Å². The van der Waals surface area contributed by atoms with Gasteiger partial charge in [0.1, 0.15) is 5.75 Å². The first-order valence-electron chi connectivity index (χ1n) is 9.57. The maximum Gasteiger partial charge on any atom is 0.116 e. The normalized spacial score (nSPS) is 15.1. The summed E-state index contributed by atoms with van der Waals surface area (Å²) in [6.45, 7) is 5.93. The summed E-state index contributed by atoms with van der Waals surface area (Å²) < 4.78 is 0. The number of hydrogen-bond donors (Lipinski definition) is 3. The second-order valence-corrected chi connectivity index (χ2v) is 6.92. The Morgan fingerprint density at radius 2 is 1.78 bits per heavy atom. The zero-order chi connectivity index (χ0) is 19.6. The molecule has 3 N–H and O–H groups in total. The van der Waals surface area contributed by atoms with Crippen molar-refractivity contribution in [2.24, 2.45) is 5.92 Å². The molecule has 27 heavy (non-hydrogen) atoms. The van der Waals surface area contributed by atoms with Crippen LogP contribution in [0.15, 0.2) is 72.8 Å². The Hall–Kier alpha value is -2.36. The quantitative estimate of drug-likeness (QED) is 0.503. The van der Waals surface area contributed by atoms with Crippen molar-refractivity contribution in [1.29, 1.82) is 0 Å². The smallest absolute Gasteiger partial charge is 0.116 e. The van der Waals surface area contributed by atoms with Crippen LogP contribution in [0.4, 0.5) is 0 Å². The Balaban J connectivity index is 2.05. The van der Waals surface area contributed by atoms with Gasteiger partial charge in [-0.2, -0.15) is 0 Å². The number of aliphatic hydroxyl groups is 2. The van der Waals surface area contributed by atoms with Crippen LogP contribution in [-0.2, 0) is 0 Å². The second kappa shape index (κ2) is 10.7. The van der Waals surface area contributed by atoms with Crippen molar-refractivity contribution in [2.75, 3.05) is 0 Å². The summed E-state index contributed by atoms with van der Waals surface area (Å²) in [5.41, 5.74) is 2.96. The molecule has 0 bridgehead atoms. The maximum atomic E-state index is 10.7. The Labute approximate surface area is 162 Å². The number of aromatic hydroxyl groups is 1. The zero-order valence-corrected chi connectivity index (χ0v) is 16.0. The minimum Gasteiger partial charge on any atom is -0.508 e. The first-order valence-corrected chi connectivity index (χ1v) is 9.57. The molecule has 3 nitrogen and oxygen atoms in total. The highest BCUT2D eigenvalue weighted by atomic mass is 16.3. The van der Waals surface area contributed by atoms with E-state index in [-0.39, 0.29) is 5.75 Å². The molecule has 3 atom stereocenters. The highest BCUT2D eigenvalue weighted by Gasteiger charge is 2.25.